The summed E-state index contributed by atoms with van der Waals surface area (Å²) in [6.45, 7) is 1.73. The van der Waals surface area contributed by atoms with Crippen molar-refractivity contribution in [1.82, 2.24) is 0 Å². The second-order valence-electron chi connectivity index (χ2n) is 1.85. The number of nitrogens with zero attached hydrogens (tertiary/aromatic N) is 2. The van der Waals surface area contributed by atoms with Crippen LogP contribution in [0.15, 0.2) is 5.16 Å². The van der Waals surface area contributed by atoms with Crippen LogP contribution in [0.5, 0.6) is 0 Å². The molecule has 0 bridgehead atoms. The van der Waals surface area contributed by atoms with Crippen LogP contribution in [-0.4, -0.2) is 10.9 Å². The molecule has 0 radical (unpaired) electrons. The molecule has 0 fully saturated rings. The van der Waals surface area contributed by atoms with Crippen LogP contribution in [-0.2, 0) is 0 Å². The first kappa shape index (κ1) is 7.96. The summed E-state index contributed by atoms with van der Waals surface area (Å²) in [5, 5.41) is 19.2. The van der Waals surface area contributed by atoms with Gasteiger partial charge in [0, 0.05) is 6.42 Å². The minimum absolute atomic E-state index is 0.535. The fraction of sp³-hybridized carbons (Fsp3) is 0.667. The zero-order valence-corrected chi connectivity index (χ0v) is 5.46. The molecule has 0 saturated carbocycles. The Kier molecular flexibility index (Phi) is 4.51. The Hall–Kier alpha value is -1.04. The van der Waals surface area contributed by atoms with Crippen molar-refractivity contribution in [3.05, 3.63) is 0 Å². The van der Waals surface area contributed by atoms with Crippen LogP contribution in [0, 0.1) is 11.3 Å². The third kappa shape index (κ3) is 4.82. The number of hydrogen-bond acceptors (Lipinski definition) is 3. The molecule has 0 unspecified atom stereocenters. The predicted octanol–water partition coefficient (Wildman–Crippen LogP) is 1.53. The first-order valence-electron chi connectivity index (χ1n) is 2.85. The van der Waals surface area contributed by atoms with Gasteiger partial charge in [-0.2, -0.15) is 5.26 Å². The highest BCUT2D eigenvalue weighted by Crippen LogP contribution is 1.95. The quantitative estimate of drug-likeness (QED) is 0.270. The van der Waals surface area contributed by atoms with Crippen LogP contribution in [0.2, 0.25) is 0 Å². The molecular weight excluding hydrogens is 116 g/mol. The summed E-state index contributed by atoms with van der Waals surface area (Å²) in [6, 6.07) is 2.01. The van der Waals surface area contributed by atoms with Crippen molar-refractivity contribution in [2.45, 2.75) is 26.2 Å². The molecule has 50 valence electrons. The summed E-state index contributed by atoms with van der Waals surface area (Å²) >= 11 is 0. The molecule has 0 aromatic carbocycles. The molecule has 0 spiro atoms. The van der Waals surface area contributed by atoms with Crippen molar-refractivity contribution in [3.63, 3.8) is 0 Å². The van der Waals surface area contributed by atoms with E-state index >= 15 is 0 Å². The van der Waals surface area contributed by atoms with Crippen molar-refractivity contribution in [2.75, 3.05) is 0 Å². The van der Waals surface area contributed by atoms with Crippen LogP contribution < -0.4 is 0 Å². The van der Waals surface area contributed by atoms with Gasteiger partial charge in [-0.05, 0) is 19.8 Å². The maximum Gasteiger partial charge on any atom is 0.0621 e. The molecule has 0 atom stereocenters. The second kappa shape index (κ2) is 5.10. The Bertz CT molecular complexity index is 134. The van der Waals surface area contributed by atoms with Gasteiger partial charge in [0.15, 0.2) is 0 Å². The first-order valence-corrected chi connectivity index (χ1v) is 2.85. The van der Waals surface area contributed by atoms with Gasteiger partial charge in [0.25, 0.3) is 0 Å². The molecular formula is C6H10N2O. The number of oxime groups is 1. The average Bonchev–Trinajstić information content (AvgIpc) is 1.89. The van der Waals surface area contributed by atoms with E-state index in [1.807, 2.05) is 6.07 Å². The van der Waals surface area contributed by atoms with Crippen molar-refractivity contribution >= 4 is 5.71 Å². The lowest BCUT2D eigenvalue weighted by molar-refractivity contribution is 0.317. The fourth-order valence-corrected chi connectivity index (χ4v) is 0.473. The Morgan fingerprint density at radius 2 is 2.44 bits per heavy atom. The van der Waals surface area contributed by atoms with E-state index in [1.54, 1.807) is 6.92 Å². The summed E-state index contributed by atoms with van der Waals surface area (Å²) in [4.78, 5) is 0. The Balaban J connectivity index is 3.20. The minimum atomic E-state index is 0.535. The van der Waals surface area contributed by atoms with E-state index in [-0.39, 0.29) is 0 Å². The van der Waals surface area contributed by atoms with Gasteiger partial charge in [-0.15, -0.1) is 0 Å². The largest absolute Gasteiger partial charge is 0.411 e. The molecule has 1 N–H and O–H groups in total. The fourth-order valence-electron chi connectivity index (χ4n) is 0.473. The molecule has 9 heavy (non-hydrogen) atoms. The Morgan fingerprint density at radius 3 is 2.89 bits per heavy atom. The summed E-state index contributed by atoms with van der Waals surface area (Å²) in [6.07, 6.45) is 2.03. The molecule has 0 aromatic rings. The van der Waals surface area contributed by atoms with Crippen molar-refractivity contribution < 1.29 is 5.21 Å². The van der Waals surface area contributed by atoms with Crippen molar-refractivity contribution in [2.24, 2.45) is 5.16 Å². The third-order valence-electron chi connectivity index (χ3n) is 0.998. The maximum atomic E-state index is 8.14. The number of hydrogen-bond donors (Lipinski definition) is 1. The molecule has 0 aliphatic heterocycles. The lowest BCUT2D eigenvalue weighted by atomic mass is 10.2. The minimum Gasteiger partial charge on any atom is -0.411 e. The standard InChI is InChI=1S/C6H10N2O/c1-6(8-9)4-2-3-5-7/h9H,2-4H2,1H3. The van der Waals surface area contributed by atoms with Crippen LogP contribution in [0.4, 0.5) is 0 Å². The van der Waals surface area contributed by atoms with Crippen molar-refractivity contribution in [1.29, 1.82) is 5.26 Å². The van der Waals surface area contributed by atoms with E-state index in [0.717, 1.165) is 6.42 Å². The molecule has 0 saturated heterocycles. The van der Waals surface area contributed by atoms with Crippen LogP contribution >= 0.6 is 0 Å². The highest BCUT2D eigenvalue weighted by Gasteiger charge is 1.89. The van der Waals surface area contributed by atoms with Gasteiger partial charge < -0.3 is 5.21 Å². The van der Waals surface area contributed by atoms with E-state index in [1.165, 1.54) is 0 Å². The summed E-state index contributed by atoms with van der Waals surface area (Å²) in [5.74, 6) is 0. The van der Waals surface area contributed by atoms with Gasteiger partial charge in [0.05, 0.1) is 11.8 Å². The number of unbranched alkanes of at least 4 members (excludes halogenated alkanes) is 1. The summed E-state index contributed by atoms with van der Waals surface area (Å²) < 4.78 is 0. The van der Waals surface area contributed by atoms with Gasteiger partial charge in [-0.3, -0.25) is 0 Å². The normalized spacial score (nSPS) is 10.9. The predicted molar refractivity (Wildman–Crippen MR) is 34.4 cm³/mol. The van der Waals surface area contributed by atoms with Crippen LogP contribution in [0.25, 0.3) is 0 Å². The number of nitriles is 1. The smallest absolute Gasteiger partial charge is 0.0621 e. The molecule has 0 heterocycles. The average molecular weight is 126 g/mol. The lowest BCUT2D eigenvalue weighted by Gasteiger charge is -1.90. The van der Waals surface area contributed by atoms with E-state index < -0.39 is 0 Å². The summed E-state index contributed by atoms with van der Waals surface area (Å²) in [5.41, 5.74) is 0.685. The lowest BCUT2D eigenvalue weighted by Crippen LogP contribution is -1.89. The third-order valence-corrected chi connectivity index (χ3v) is 0.998. The van der Waals surface area contributed by atoms with Crippen molar-refractivity contribution in [3.8, 4) is 6.07 Å². The second-order valence-corrected chi connectivity index (χ2v) is 1.85. The molecule has 0 aliphatic rings. The topological polar surface area (TPSA) is 56.4 Å². The Morgan fingerprint density at radius 1 is 1.78 bits per heavy atom. The molecule has 3 heteroatoms. The van der Waals surface area contributed by atoms with Gasteiger partial charge in [0.2, 0.25) is 0 Å². The van der Waals surface area contributed by atoms with E-state index in [9.17, 15) is 0 Å². The molecule has 0 aliphatic carbocycles. The highest BCUT2D eigenvalue weighted by molar-refractivity contribution is 5.81. The van der Waals surface area contributed by atoms with Crippen LogP contribution in [0.1, 0.15) is 26.2 Å². The van der Waals surface area contributed by atoms with E-state index in [4.69, 9.17) is 10.5 Å². The molecule has 0 amide bonds. The zero-order chi connectivity index (χ0) is 7.11. The van der Waals surface area contributed by atoms with E-state index in [0.29, 0.717) is 18.6 Å². The SMILES string of the molecule is CC(CCCC#N)=NO. The van der Waals surface area contributed by atoms with E-state index in [2.05, 4.69) is 5.16 Å². The van der Waals surface area contributed by atoms with Gasteiger partial charge >= 0.3 is 0 Å². The van der Waals surface area contributed by atoms with Gasteiger partial charge in [0.1, 0.15) is 0 Å². The molecule has 0 rings (SSSR count). The van der Waals surface area contributed by atoms with Gasteiger partial charge in [-0.1, -0.05) is 5.16 Å². The molecule has 3 nitrogen and oxygen atoms in total. The first-order chi connectivity index (χ1) is 4.31. The van der Waals surface area contributed by atoms with Gasteiger partial charge in [-0.25, -0.2) is 0 Å². The van der Waals surface area contributed by atoms with Crippen LogP contribution in [0.3, 0.4) is 0 Å². The molecule has 0 aromatic heterocycles. The highest BCUT2D eigenvalue weighted by atomic mass is 16.4. The maximum absolute atomic E-state index is 8.14. The monoisotopic (exact) mass is 126 g/mol. The summed E-state index contributed by atoms with van der Waals surface area (Å²) in [7, 11) is 0. The Labute approximate surface area is 54.6 Å². The number of rotatable bonds is 3. The zero-order valence-electron chi connectivity index (χ0n) is 5.46.